The molecule has 2 aliphatic rings. The third-order valence-electron chi connectivity index (χ3n) is 7.07. The van der Waals surface area contributed by atoms with Gasteiger partial charge < -0.3 is 10.1 Å². The van der Waals surface area contributed by atoms with Crippen molar-refractivity contribution in [2.45, 2.75) is 81.0 Å². The van der Waals surface area contributed by atoms with Gasteiger partial charge in [0.05, 0.1) is 11.5 Å². The van der Waals surface area contributed by atoms with E-state index in [1.807, 2.05) is 0 Å². The molecule has 1 aromatic heterocycles. The Balaban J connectivity index is 1.52. The number of ether oxygens (including phenoxy) is 1. The Morgan fingerprint density at radius 2 is 1.78 bits per heavy atom. The molecule has 10 heteroatoms. The highest BCUT2D eigenvalue weighted by Crippen LogP contribution is 2.40. The molecule has 0 fully saturated rings. The maximum atomic E-state index is 13.5. The van der Waals surface area contributed by atoms with Gasteiger partial charge in [-0.3, -0.25) is 0 Å². The molecule has 0 saturated carbocycles. The lowest BCUT2D eigenvalue weighted by molar-refractivity contribution is 0.0792. The molecule has 2 aliphatic carbocycles. The van der Waals surface area contributed by atoms with Crippen LogP contribution in [0.1, 0.15) is 35.1 Å². The van der Waals surface area contributed by atoms with Gasteiger partial charge in [0.1, 0.15) is 6.73 Å². The molecule has 8 nitrogen and oxygen atoms in total. The molecule has 5 rings (SSSR count). The third-order valence-corrected chi connectivity index (χ3v) is 10.3. The number of anilines is 2. The van der Waals surface area contributed by atoms with Gasteiger partial charge in [0, 0.05) is 20.4 Å². The number of aryl methyl sites for hydroxylation is 2. The van der Waals surface area contributed by atoms with E-state index < -0.39 is 17.9 Å². The van der Waals surface area contributed by atoms with Gasteiger partial charge in [-0.25, -0.2) is 17.9 Å². The maximum absolute atomic E-state index is 13.5. The fraction of sp³-hybridized carbons (Fsp3) is 0.444. The number of rotatable bonds is 9. The normalized spacial score (nSPS) is 14.9. The molecule has 37 heavy (non-hydrogen) atoms. The highest BCUT2D eigenvalue weighted by atomic mass is 32.2. The van der Waals surface area contributed by atoms with E-state index in [2.05, 4.69) is 46.0 Å². The molecule has 1 heterocycles. The lowest BCUT2D eigenvalue weighted by atomic mass is 9.99. The van der Waals surface area contributed by atoms with Gasteiger partial charge in [0.15, 0.2) is 5.69 Å². The van der Waals surface area contributed by atoms with E-state index in [1.54, 1.807) is 12.1 Å². The Bertz CT molecular complexity index is 1450. The number of nitrogens with zero attached hydrogens (tertiary/aromatic N) is 4. The molecule has 0 bridgehead atoms. The summed E-state index contributed by atoms with van der Waals surface area (Å²) in [7, 11) is -5.29. The second-order valence-electron chi connectivity index (χ2n) is 11.0. The first-order chi connectivity index (χ1) is 17.7. The molecular weight excluding hydrogens is 502 g/mol. The molecule has 3 aromatic rings. The largest absolute Gasteiger partial charge is 0.359 e. The number of fused-ring (bicyclic) bond motifs is 2. The molecular formula is C27H33N5O3SSi. The van der Waals surface area contributed by atoms with Crippen LogP contribution < -0.4 is 5.32 Å². The molecule has 0 saturated heterocycles. The fourth-order valence-electron chi connectivity index (χ4n) is 5.05. The van der Waals surface area contributed by atoms with Crippen molar-refractivity contribution in [3.63, 3.8) is 0 Å². The van der Waals surface area contributed by atoms with Crippen LogP contribution in [-0.2, 0) is 47.0 Å². The molecule has 0 spiro atoms. The lowest BCUT2D eigenvalue weighted by Crippen LogP contribution is -2.22. The Hall–Kier alpha value is -3.00. The van der Waals surface area contributed by atoms with E-state index in [9.17, 15) is 8.42 Å². The first kappa shape index (κ1) is 25.6. The number of benzene rings is 2. The quantitative estimate of drug-likeness (QED) is 0.215. The van der Waals surface area contributed by atoms with Crippen LogP contribution in [0.5, 0.6) is 0 Å². The lowest BCUT2D eigenvalue weighted by Gasteiger charge is -2.18. The van der Waals surface area contributed by atoms with Crippen LogP contribution in [0.2, 0.25) is 25.7 Å². The second kappa shape index (κ2) is 10.0. The van der Waals surface area contributed by atoms with Gasteiger partial charge in [-0.15, -0.1) is 5.10 Å². The molecule has 0 unspecified atom stereocenters. The van der Waals surface area contributed by atoms with Crippen molar-refractivity contribution in [3.05, 3.63) is 64.0 Å². The zero-order valence-electron chi connectivity index (χ0n) is 21.7. The van der Waals surface area contributed by atoms with Crippen LogP contribution in [0.3, 0.4) is 0 Å². The minimum Gasteiger partial charge on any atom is -0.359 e. The van der Waals surface area contributed by atoms with Crippen LogP contribution in [-0.4, -0.2) is 37.9 Å². The van der Waals surface area contributed by atoms with Gasteiger partial charge in [0.2, 0.25) is 15.8 Å². The number of nitrogens with one attached hydrogen (secondary N) is 1. The Labute approximate surface area is 219 Å². The SMILES string of the molecule is [C-]#[N+]c1cccc(S(=O)(=O)c2nc(Nc3c4c(cc5c3CCC5)CCC4)n(COCC[Si](C)(C)C)n2)c1. The Morgan fingerprint density at radius 1 is 1.08 bits per heavy atom. The fourth-order valence-corrected chi connectivity index (χ4v) is 6.97. The van der Waals surface area contributed by atoms with E-state index in [4.69, 9.17) is 11.3 Å². The van der Waals surface area contributed by atoms with Gasteiger partial charge in [-0.1, -0.05) is 37.8 Å². The van der Waals surface area contributed by atoms with Crippen molar-refractivity contribution in [1.29, 1.82) is 0 Å². The third kappa shape index (κ3) is 5.35. The van der Waals surface area contributed by atoms with E-state index >= 15 is 0 Å². The molecule has 1 N–H and O–H groups in total. The molecule has 2 aromatic carbocycles. The van der Waals surface area contributed by atoms with Crippen molar-refractivity contribution in [3.8, 4) is 0 Å². The summed E-state index contributed by atoms with van der Waals surface area (Å²) in [4.78, 5) is 7.86. The van der Waals surface area contributed by atoms with Gasteiger partial charge in [-0.05, 0) is 79.0 Å². The minimum absolute atomic E-state index is 0.00541. The average Bonchev–Trinajstić information content (AvgIpc) is 3.61. The number of hydrogen-bond acceptors (Lipinski definition) is 6. The molecule has 0 atom stereocenters. The van der Waals surface area contributed by atoms with Crippen LogP contribution in [0, 0.1) is 6.57 Å². The Morgan fingerprint density at radius 3 is 2.43 bits per heavy atom. The first-order valence-electron chi connectivity index (χ1n) is 12.8. The smallest absolute Gasteiger partial charge is 0.273 e. The highest BCUT2D eigenvalue weighted by Gasteiger charge is 2.28. The van der Waals surface area contributed by atoms with Crippen LogP contribution in [0.15, 0.2) is 40.4 Å². The minimum atomic E-state index is -4.02. The summed E-state index contributed by atoms with van der Waals surface area (Å²) in [6.45, 7) is 14.8. The summed E-state index contributed by atoms with van der Waals surface area (Å²) in [5.41, 5.74) is 6.70. The topological polar surface area (TPSA) is 90.5 Å². The number of sulfone groups is 1. The van der Waals surface area contributed by atoms with Crippen LogP contribution >= 0.6 is 0 Å². The van der Waals surface area contributed by atoms with Gasteiger partial charge in [0.25, 0.3) is 5.16 Å². The Kier molecular flexibility index (Phi) is 6.96. The maximum Gasteiger partial charge on any atom is 0.273 e. The predicted octanol–water partition coefficient (Wildman–Crippen LogP) is 5.69. The molecule has 0 aliphatic heterocycles. The summed E-state index contributed by atoms with van der Waals surface area (Å²) in [5.74, 6) is 0.363. The molecule has 0 amide bonds. The average molecular weight is 536 g/mol. The second-order valence-corrected chi connectivity index (χ2v) is 18.5. The van der Waals surface area contributed by atoms with Crippen molar-refractivity contribution < 1.29 is 13.2 Å². The van der Waals surface area contributed by atoms with Crippen molar-refractivity contribution >= 4 is 35.2 Å². The van der Waals surface area contributed by atoms with E-state index in [1.165, 1.54) is 39.1 Å². The summed E-state index contributed by atoms with van der Waals surface area (Å²) in [6.07, 6.45) is 6.38. The van der Waals surface area contributed by atoms with Crippen molar-refractivity contribution in [2.75, 3.05) is 11.9 Å². The van der Waals surface area contributed by atoms with Gasteiger partial charge in [-0.2, -0.15) is 4.98 Å². The van der Waals surface area contributed by atoms with Crippen LogP contribution in [0.25, 0.3) is 4.85 Å². The van der Waals surface area contributed by atoms with E-state index in [0.717, 1.165) is 50.3 Å². The molecule has 0 radical (unpaired) electrons. The van der Waals surface area contributed by atoms with Crippen LogP contribution in [0.4, 0.5) is 17.3 Å². The molecule has 194 valence electrons. The summed E-state index contributed by atoms with van der Waals surface area (Å²) in [6, 6.07) is 9.33. The van der Waals surface area contributed by atoms with E-state index in [-0.39, 0.29) is 22.5 Å². The zero-order chi connectivity index (χ0) is 26.2. The predicted molar refractivity (Wildman–Crippen MR) is 146 cm³/mol. The van der Waals surface area contributed by atoms with E-state index in [0.29, 0.717) is 12.6 Å². The number of hydrogen-bond donors (Lipinski definition) is 1. The summed E-state index contributed by atoms with van der Waals surface area (Å²) < 4.78 is 34.4. The van der Waals surface area contributed by atoms with Crippen molar-refractivity contribution in [2.24, 2.45) is 0 Å². The van der Waals surface area contributed by atoms with Crippen molar-refractivity contribution in [1.82, 2.24) is 14.8 Å². The zero-order valence-corrected chi connectivity index (χ0v) is 23.5. The first-order valence-corrected chi connectivity index (χ1v) is 18.0. The highest BCUT2D eigenvalue weighted by molar-refractivity contribution is 7.91. The monoisotopic (exact) mass is 535 g/mol. The standard InChI is InChI=1S/C27H33N5O3SSi/c1-28-21-10-7-11-22(17-21)36(33,34)27-30-26(32(31-27)18-35-14-15-37(2,3)4)29-25-23-12-5-8-19(23)16-20-9-6-13-24(20)25/h7,10-11,16-17H,5-6,8-9,12-15,18H2,2-4H3,(H,29,30,31). The number of aromatic nitrogens is 3. The van der Waals surface area contributed by atoms with Gasteiger partial charge >= 0.3 is 0 Å². The summed E-state index contributed by atoms with van der Waals surface area (Å²) in [5, 5.41) is 7.60. The summed E-state index contributed by atoms with van der Waals surface area (Å²) >= 11 is 0.